The van der Waals surface area contributed by atoms with Gasteiger partial charge in [-0.05, 0) is 30.5 Å². The van der Waals surface area contributed by atoms with Gasteiger partial charge in [-0.1, -0.05) is 43.2 Å². The van der Waals surface area contributed by atoms with E-state index < -0.39 is 0 Å². The standard InChI is InChI=1S/C17H19N5/c1-2-6-14(7-3-1)12-21(15-8-4-5-9-15)17-11-10-16-18-13-19-22(16)20-17/h1-3,6-7,10-11,13,15H,4-5,8-9,12H2. The molecule has 5 nitrogen and oxygen atoms in total. The first-order valence-electron chi connectivity index (χ1n) is 7.88. The summed E-state index contributed by atoms with van der Waals surface area (Å²) in [5.41, 5.74) is 2.10. The molecule has 5 heteroatoms. The second kappa shape index (κ2) is 5.75. The van der Waals surface area contributed by atoms with E-state index in [0.29, 0.717) is 6.04 Å². The molecule has 2 aromatic heterocycles. The minimum Gasteiger partial charge on any atom is -0.348 e. The number of benzene rings is 1. The van der Waals surface area contributed by atoms with Crippen LogP contribution in [0.5, 0.6) is 0 Å². The van der Waals surface area contributed by atoms with Gasteiger partial charge >= 0.3 is 0 Å². The Morgan fingerprint density at radius 1 is 1.05 bits per heavy atom. The number of rotatable bonds is 4. The molecular weight excluding hydrogens is 274 g/mol. The summed E-state index contributed by atoms with van der Waals surface area (Å²) in [6, 6.07) is 15.2. The number of anilines is 1. The second-order valence-corrected chi connectivity index (χ2v) is 5.85. The van der Waals surface area contributed by atoms with Gasteiger partial charge in [0.15, 0.2) is 11.5 Å². The van der Waals surface area contributed by atoms with Crippen molar-refractivity contribution in [2.24, 2.45) is 0 Å². The Balaban J connectivity index is 1.69. The highest BCUT2D eigenvalue weighted by atomic mass is 15.5. The van der Waals surface area contributed by atoms with Gasteiger partial charge < -0.3 is 4.90 Å². The Bertz CT molecular complexity index is 746. The number of fused-ring (bicyclic) bond motifs is 1. The molecule has 2 heterocycles. The molecule has 22 heavy (non-hydrogen) atoms. The van der Waals surface area contributed by atoms with Crippen LogP contribution < -0.4 is 4.90 Å². The molecule has 3 aromatic rings. The van der Waals surface area contributed by atoms with E-state index in [1.165, 1.54) is 31.2 Å². The molecule has 1 aliphatic carbocycles. The lowest BCUT2D eigenvalue weighted by Gasteiger charge is -2.30. The van der Waals surface area contributed by atoms with Crippen LogP contribution in [0.15, 0.2) is 48.8 Å². The Kier molecular flexibility index (Phi) is 3.46. The first kappa shape index (κ1) is 13.2. The van der Waals surface area contributed by atoms with E-state index in [0.717, 1.165) is 18.0 Å². The van der Waals surface area contributed by atoms with Gasteiger partial charge in [0.05, 0.1) is 0 Å². The molecule has 112 valence electrons. The minimum atomic E-state index is 0.564. The van der Waals surface area contributed by atoms with Gasteiger partial charge in [-0.3, -0.25) is 0 Å². The molecule has 4 rings (SSSR count). The highest BCUT2D eigenvalue weighted by Gasteiger charge is 2.24. The van der Waals surface area contributed by atoms with Gasteiger partial charge in [0.1, 0.15) is 6.33 Å². The molecule has 1 fully saturated rings. The van der Waals surface area contributed by atoms with Crippen molar-refractivity contribution in [2.75, 3.05) is 4.90 Å². The smallest absolute Gasteiger partial charge is 0.176 e. The molecular formula is C17H19N5. The van der Waals surface area contributed by atoms with Crippen LogP contribution >= 0.6 is 0 Å². The van der Waals surface area contributed by atoms with Crippen molar-refractivity contribution < 1.29 is 0 Å². The monoisotopic (exact) mass is 293 g/mol. The number of aromatic nitrogens is 4. The summed E-state index contributed by atoms with van der Waals surface area (Å²) in [6.45, 7) is 0.888. The summed E-state index contributed by atoms with van der Waals surface area (Å²) in [6.07, 6.45) is 6.64. The molecule has 0 aliphatic heterocycles. The fourth-order valence-electron chi connectivity index (χ4n) is 3.26. The SMILES string of the molecule is c1ccc(CN(c2ccc3ncnn3n2)C2CCCC2)cc1. The van der Waals surface area contributed by atoms with Gasteiger partial charge in [0.2, 0.25) is 0 Å². The summed E-state index contributed by atoms with van der Waals surface area (Å²) in [5.74, 6) is 0.980. The first-order chi connectivity index (χ1) is 10.9. The third-order valence-electron chi connectivity index (χ3n) is 4.39. The number of hydrogen-bond acceptors (Lipinski definition) is 4. The molecule has 0 bridgehead atoms. The summed E-state index contributed by atoms with van der Waals surface area (Å²) in [4.78, 5) is 6.59. The van der Waals surface area contributed by atoms with Crippen molar-refractivity contribution in [3.63, 3.8) is 0 Å². The van der Waals surface area contributed by atoms with E-state index in [9.17, 15) is 0 Å². The Labute approximate surface area is 129 Å². The lowest BCUT2D eigenvalue weighted by atomic mass is 10.1. The van der Waals surface area contributed by atoms with E-state index in [1.807, 2.05) is 6.07 Å². The van der Waals surface area contributed by atoms with Crippen LogP contribution in [0.3, 0.4) is 0 Å². The highest BCUT2D eigenvalue weighted by molar-refractivity contribution is 5.46. The van der Waals surface area contributed by atoms with E-state index >= 15 is 0 Å². The average Bonchev–Trinajstić information content (AvgIpc) is 3.24. The van der Waals surface area contributed by atoms with E-state index in [2.05, 4.69) is 56.5 Å². The van der Waals surface area contributed by atoms with Crippen molar-refractivity contribution in [3.05, 3.63) is 54.4 Å². The third kappa shape index (κ3) is 2.54. The summed E-state index contributed by atoms with van der Waals surface area (Å²) < 4.78 is 1.61. The van der Waals surface area contributed by atoms with Crippen LogP contribution in [0, 0.1) is 0 Å². The van der Waals surface area contributed by atoms with Gasteiger partial charge in [0.25, 0.3) is 0 Å². The number of nitrogens with zero attached hydrogens (tertiary/aromatic N) is 5. The zero-order valence-corrected chi connectivity index (χ0v) is 12.5. The molecule has 1 saturated carbocycles. The van der Waals surface area contributed by atoms with Gasteiger partial charge in [-0.25, -0.2) is 4.98 Å². The van der Waals surface area contributed by atoms with Gasteiger partial charge in [-0.15, -0.1) is 14.8 Å². The Hall–Kier alpha value is -2.43. The lowest BCUT2D eigenvalue weighted by molar-refractivity contribution is 0.589. The zero-order valence-electron chi connectivity index (χ0n) is 12.5. The van der Waals surface area contributed by atoms with Crippen LogP contribution in [0.25, 0.3) is 5.65 Å². The molecule has 0 unspecified atom stereocenters. The first-order valence-corrected chi connectivity index (χ1v) is 7.88. The van der Waals surface area contributed by atoms with Crippen LogP contribution in [-0.4, -0.2) is 25.9 Å². The normalized spacial score (nSPS) is 15.5. The largest absolute Gasteiger partial charge is 0.348 e. The van der Waals surface area contributed by atoms with Crippen molar-refractivity contribution in [1.82, 2.24) is 19.8 Å². The summed E-state index contributed by atoms with van der Waals surface area (Å²) in [7, 11) is 0. The average molecular weight is 293 g/mol. The lowest BCUT2D eigenvalue weighted by Crippen LogP contribution is -2.33. The zero-order chi connectivity index (χ0) is 14.8. The fourth-order valence-corrected chi connectivity index (χ4v) is 3.26. The minimum absolute atomic E-state index is 0.564. The maximum atomic E-state index is 4.65. The maximum Gasteiger partial charge on any atom is 0.176 e. The Morgan fingerprint density at radius 3 is 2.68 bits per heavy atom. The van der Waals surface area contributed by atoms with Gasteiger partial charge in [0, 0.05) is 12.6 Å². The van der Waals surface area contributed by atoms with Gasteiger partial charge in [-0.2, -0.15) is 0 Å². The molecule has 1 aliphatic rings. The predicted octanol–water partition coefficient (Wildman–Crippen LogP) is 3.07. The van der Waals surface area contributed by atoms with Crippen LogP contribution in [0.2, 0.25) is 0 Å². The summed E-state index contributed by atoms with van der Waals surface area (Å²) >= 11 is 0. The summed E-state index contributed by atoms with van der Waals surface area (Å²) in [5, 5.41) is 8.81. The predicted molar refractivity (Wildman–Crippen MR) is 85.7 cm³/mol. The number of hydrogen-bond donors (Lipinski definition) is 0. The molecule has 0 spiro atoms. The third-order valence-corrected chi connectivity index (χ3v) is 4.39. The van der Waals surface area contributed by atoms with Crippen LogP contribution in [0.4, 0.5) is 5.82 Å². The molecule has 0 saturated heterocycles. The van der Waals surface area contributed by atoms with E-state index in [-0.39, 0.29) is 0 Å². The van der Waals surface area contributed by atoms with E-state index in [4.69, 9.17) is 0 Å². The maximum absolute atomic E-state index is 4.65. The highest BCUT2D eigenvalue weighted by Crippen LogP contribution is 2.28. The van der Waals surface area contributed by atoms with Crippen molar-refractivity contribution >= 4 is 11.5 Å². The van der Waals surface area contributed by atoms with Crippen molar-refractivity contribution in [3.8, 4) is 0 Å². The second-order valence-electron chi connectivity index (χ2n) is 5.85. The van der Waals surface area contributed by atoms with Crippen LogP contribution in [-0.2, 0) is 6.54 Å². The fraction of sp³-hybridized carbons (Fsp3) is 0.353. The molecule has 0 atom stereocenters. The topological polar surface area (TPSA) is 46.3 Å². The molecule has 0 N–H and O–H groups in total. The van der Waals surface area contributed by atoms with Crippen molar-refractivity contribution in [2.45, 2.75) is 38.3 Å². The molecule has 1 aromatic carbocycles. The quantitative estimate of drug-likeness (QED) is 0.741. The molecule has 0 radical (unpaired) electrons. The Morgan fingerprint density at radius 2 is 1.86 bits per heavy atom. The van der Waals surface area contributed by atoms with E-state index in [1.54, 1.807) is 11.0 Å². The van der Waals surface area contributed by atoms with Crippen molar-refractivity contribution in [1.29, 1.82) is 0 Å². The molecule has 0 amide bonds. The van der Waals surface area contributed by atoms with Crippen LogP contribution in [0.1, 0.15) is 31.2 Å².